The van der Waals surface area contributed by atoms with E-state index in [4.69, 9.17) is 9.47 Å². The third kappa shape index (κ3) is 2.21. The topological polar surface area (TPSA) is 47.1 Å². The number of H-pyrrole nitrogens is 1. The van der Waals surface area contributed by atoms with E-state index in [1.807, 2.05) is 19.2 Å². The van der Waals surface area contributed by atoms with Gasteiger partial charge in [0.1, 0.15) is 11.4 Å². The summed E-state index contributed by atoms with van der Waals surface area (Å²) in [5, 5.41) is 1.11. The van der Waals surface area contributed by atoms with Crippen LogP contribution in [0.15, 0.2) is 36.5 Å². The predicted octanol–water partition coefficient (Wildman–Crippen LogP) is 3.95. The van der Waals surface area contributed by atoms with Crippen molar-refractivity contribution in [2.45, 2.75) is 19.8 Å². The van der Waals surface area contributed by atoms with Crippen LogP contribution in [0, 0.1) is 0 Å². The lowest BCUT2D eigenvalue weighted by molar-refractivity contribution is 0.288. The van der Waals surface area contributed by atoms with Crippen LogP contribution in [0.5, 0.6) is 11.6 Å². The molecule has 4 heteroatoms. The first-order valence-electron chi connectivity index (χ1n) is 7.72. The second kappa shape index (κ2) is 5.37. The molecule has 4 nitrogen and oxygen atoms in total. The van der Waals surface area contributed by atoms with Gasteiger partial charge < -0.3 is 14.5 Å². The first-order valence-corrected chi connectivity index (χ1v) is 7.72. The third-order valence-corrected chi connectivity index (χ3v) is 4.02. The average Bonchev–Trinajstić information content (AvgIpc) is 2.98. The summed E-state index contributed by atoms with van der Waals surface area (Å²) >= 11 is 0. The van der Waals surface area contributed by atoms with E-state index in [9.17, 15) is 0 Å². The number of aromatic amines is 1. The minimum absolute atomic E-state index is 0.622. The van der Waals surface area contributed by atoms with E-state index < -0.39 is 0 Å². The molecule has 1 aromatic carbocycles. The smallest absolute Gasteiger partial charge is 0.215 e. The zero-order valence-corrected chi connectivity index (χ0v) is 12.6. The molecule has 0 spiro atoms. The first-order chi connectivity index (χ1) is 10.8. The fourth-order valence-electron chi connectivity index (χ4n) is 2.98. The van der Waals surface area contributed by atoms with Crippen LogP contribution in [0.25, 0.3) is 22.2 Å². The summed E-state index contributed by atoms with van der Waals surface area (Å²) in [6.45, 7) is 3.40. The molecule has 112 valence electrons. The van der Waals surface area contributed by atoms with Crippen molar-refractivity contribution in [3.05, 3.63) is 42.1 Å². The number of nitrogens with zero attached hydrogens (tertiary/aromatic N) is 1. The van der Waals surface area contributed by atoms with Crippen LogP contribution >= 0.6 is 0 Å². The summed E-state index contributed by atoms with van der Waals surface area (Å²) in [5.41, 5.74) is 4.51. The lowest BCUT2D eigenvalue weighted by Gasteiger charge is -2.17. The Hall–Kier alpha value is -2.49. The number of pyridine rings is 1. The molecule has 0 unspecified atom stereocenters. The summed E-state index contributed by atoms with van der Waals surface area (Å²) in [6.07, 6.45) is 4.18. The van der Waals surface area contributed by atoms with Crippen LogP contribution in [0.2, 0.25) is 0 Å². The highest BCUT2D eigenvalue weighted by Crippen LogP contribution is 2.33. The largest absolute Gasteiger partial charge is 0.493 e. The molecule has 0 fully saturated rings. The molecule has 0 bridgehead atoms. The third-order valence-electron chi connectivity index (χ3n) is 4.02. The van der Waals surface area contributed by atoms with Gasteiger partial charge in [-0.15, -0.1) is 0 Å². The molecule has 1 aliphatic heterocycles. The highest BCUT2D eigenvalue weighted by molar-refractivity contribution is 5.94. The summed E-state index contributed by atoms with van der Waals surface area (Å²) in [7, 11) is 0. The molecule has 3 aromatic rings. The Balaban J connectivity index is 1.77. The second-order valence-electron chi connectivity index (χ2n) is 5.46. The van der Waals surface area contributed by atoms with Gasteiger partial charge in [-0.05, 0) is 49.1 Å². The van der Waals surface area contributed by atoms with Gasteiger partial charge in [-0.1, -0.05) is 6.07 Å². The van der Waals surface area contributed by atoms with Gasteiger partial charge in [-0.25, -0.2) is 0 Å². The van der Waals surface area contributed by atoms with Crippen molar-refractivity contribution >= 4 is 11.0 Å². The lowest BCUT2D eigenvalue weighted by Crippen LogP contribution is -2.07. The van der Waals surface area contributed by atoms with E-state index in [-0.39, 0.29) is 0 Å². The molecule has 4 rings (SSSR count). The van der Waals surface area contributed by atoms with Crippen molar-refractivity contribution < 1.29 is 9.47 Å². The maximum Gasteiger partial charge on any atom is 0.215 e. The SMILES string of the molecule is CCOc1ccc2c(-c3ccc4c(c3)CCCO4)c[nH]c2n1. The number of rotatable bonds is 3. The van der Waals surface area contributed by atoms with Gasteiger partial charge in [-0.3, -0.25) is 0 Å². The Morgan fingerprint density at radius 1 is 1.27 bits per heavy atom. The first kappa shape index (κ1) is 13.2. The monoisotopic (exact) mass is 294 g/mol. The van der Waals surface area contributed by atoms with Crippen LogP contribution in [0.1, 0.15) is 18.9 Å². The number of fused-ring (bicyclic) bond motifs is 2. The molecule has 0 radical (unpaired) electrons. The van der Waals surface area contributed by atoms with Crippen molar-refractivity contribution in [1.82, 2.24) is 9.97 Å². The van der Waals surface area contributed by atoms with E-state index in [1.165, 1.54) is 16.7 Å². The maximum absolute atomic E-state index is 5.69. The number of nitrogens with one attached hydrogen (secondary N) is 1. The van der Waals surface area contributed by atoms with Gasteiger partial charge in [-0.2, -0.15) is 4.98 Å². The number of aromatic nitrogens is 2. The molecule has 3 heterocycles. The van der Waals surface area contributed by atoms with E-state index in [1.54, 1.807) is 0 Å². The summed E-state index contributed by atoms with van der Waals surface area (Å²) in [5.74, 6) is 1.67. The molecule has 0 atom stereocenters. The van der Waals surface area contributed by atoms with Crippen molar-refractivity contribution in [3.8, 4) is 22.8 Å². The number of benzene rings is 1. The highest BCUT2D eigenvalue weighted by Gasteiger charge is 2.13. The Morgan fingerprint density at radius 3 is 3.14 bits per heavy atom. The van der Waals surface area contributed by atoms with Gasteiger partial charge in [0.15, 0.2) is 0 Å². The minimum Gasteiger partial charge on any atom is -0.493 e. The number of ether oxygens (including phenoxy) is 2. The van der Waals surface area contributed by atoms with Crippen LogP contribution in [-0.2, 0) is 6.42 Å². The predicted molar refractivity (Wildman–Crippen MR) is 86.5 cm³/mol. The van der Waals surface area contributed by atoms with E-state index in [0.29, 0.717) is 12.5 Å². The molecule has 0 amide bonds. The fourth-order valence-corrected chi connectivity index (χ4v) is 2.98. The van der Waals surface area contributed by atoms with Gasteiger partial charge in [0.2, 0.25) is 5.88 Å². The van der Waals surface area contributed by atoms with Crippen molar-refractivity contribution in [3.63, 3.8) is 0 Å². The average molecular weight is 294 g/mol. The molecular formula is C18H18N2O2. The standard InChI is InChI=1S/C18H18N2O2/c1-2-21-17-8-6-14-15(11-19-18(14)20-17)12-5-7-16-13(10-12)4-3-9-22-16/h5-8,10-11H,2-4,9H2,1H3,(H,19,20). The maximum atomic E-state index is 5.69. The van der Waals surface area contributed by atoms with Crippen LogP contribution in [-0.4, -0.2) is 23.2 Å². The molecule has 0 saturated heterocycles. The second-order valence-corrected chi connectivity index (χ2v) is 5.46. The quantitative estimate of drug-likeness (QED) is 0.795. The zero-order valence-electron chi connectivity index (χ0n) is 12.6. The highest BCUT2D eigenvalue weighted by atomic mass is 16.5. The zero-order chi connectivity index (χ0) is 14.9. The Kier molecular flexibility index (Phi) is 3.22. The summed E-state index contributed by atoms with van der Waals surface area (Å²) in [4.78, 5) is 7.74. The summed E-state index contributed by atoms with van der Waals surface area (Å²) < 4.78 is 11.1. The molecular weight excluding hydrogens is 276 g/mol. The van der Waals surface area contributed by atoms with Gasteiger partial charge >= 0.3 is 0 Å². The van der Waals surface area contributed by atoms with Crippen LogP contribution < -0.4 is 9.47 Å². The van der Waals surface area contributed by atoms with Gasteiger partial charge in [0.05, 0.1) is 13.2 Å². The van der Waals surface area contributed by atoms with Crippen LogP contribution in [0.3, 0.4) is 0 Å². The van der Waals surface area contributed by atoms with E-state index >= 15 is 0 Å². The van der Waals surface area contributed by atoms with Crippen LogP contribution in [0.4, 0.5) is 0 Å². The fraction of sp³-hybridized carbons (Fsp3) is 0.278. The molecule has 1 aliphatic rings. The number of hydrogen-bond acceptors (Lipinski definition) is 3. The Labute approximate surface area is 129 Å². The number of hydrogen-bond donors (Lipinski definition) is 1. The van der Waals surface area contributed by atoms with Crippen molar-refractivity contribution in [2.75, 3.05) is 13.2 Å². The minimum atomic E-state index is 0.622. The van der Waals surface area contributed by atoms with Gasteiger partial charge in [0, 0.05) is 23.2 Å². The Morgan fingerprint density at radius 2 is 2.23 bits per heavy atom. The Bertz CT molecular complexity index is 823. The molecule has 2 aromatic heterocycles. The van der Waals surface area contributed by atoms with Crippen molar-refractivity contribution in [1.29, 1.82) is 0 Å². The molecule has 0 saturated carbocycles. The van der Waals surface area contributed by atoms with E-state index in [0.717, 1.165) is 36.2 Å². The van der Waals surface area contributed by atoms with Gasteiger partial charge in [0.25, 0.3) is 0 Å². The van der Waals surface area contributed by atoms with E-state index in [2.05, 4.69) is 34.2 Å². The molecule has 22 heavy (non-hydrogen) atoms. The van der Waals surface area contributed by atoms with Crippen molar-refractivity contribution in [2.24, 2.45) is 0 Å². The number of aryl methyl sites for hydroxylation is 1. The molecule has 1 N–H and O–H groups in total. The summed E-state index contributed by atoms with van der Waals surface area (Å²) in [6, 6.07) is 10.4. The lowest BCUT2D eigenvalue weighted by atomic mass is 9.99. The normalized spacial score (nSPS) is 13.7. The molecule has 0 aliphatic carbocycles.